The summed E-state index contributed by atoms with van der Waals surface area (Å²) in [5, 5.41) is 0. The molecule has 0 aliphatic heterocycles. The summed E-state index contributed by atoms with van der Waals surface area (Å²) in [5.74, 6) is 2.92. The van der Waals surface area contributed by atoms with E-state index in [0.717, 1.165) is 24.0 Å². The predicted molar refractivity (Wildman–Crippen MR) is 181 cm³/mol. The van der Waals surface area contributed by atoms with E-state index in [0.29, 0.717) is 11.2 Å². The van der Waals surface area contributed by atoms with E-state index in [1.165, 1.54) is 57.8 Å². The molecule has 44 heavy (non-hydrogen) atoms. The second-order valence-electron chi connectivity index (χ2n) is 16.6. The Morgan fingerprint density at radius 2 is 1.61 bits per heavy atom. The molecule has 1 aromatic rings. The molecule has 249 valence electrons. The molecule has 0 heterocycles. The molecule has 0 aromatic heterocycles. The van der Waals surface area contributed by atoms with Gasteiger partial charge in [-0.05, 0) is 112 Å². The summed E-state index contributed by atoms with van der Waals surface area (Å²) in [7, 11) is 1.77. The minimum Gasteiger partial charge on any atom is -0.464 e. The van der Waals surface area contributed by atoms with Crippen molar-refractivity contribution in [3.05, 3.63) is 36.4 Å². The normalized spacial score (nSPS) is 24.0. The second-order valence-corrected chi connectivity index (χ2v) is 16.6. The number of esters is 1. The topological polar surface area (TPSA) is 44.8 Å². The summed E-state index contributed by atoms with van der Waals surface area (Å²) in [6.07, 6.45) is 16.2. The molecule has 2 saturated carbocycles. The van der Waals surface area contributed by atoms with Gasteiger partial charge in [-0.1, -0.05) is 93.7 Å². The Labute approximate surface area is 297 Å². The van der Waals surface area contributed by atoms with Crippen LogP contribution in [0.3, 0.4) is 0 Å². The summed E-state index contributed by atoms with van der Waals surface area (Å²) < 4.78 is 18.3. The van der Waals surface area contributed by atoms with Gasteiger partial charge in [0.15, 0.2) is 0 Å². The van der Waals surface area contributed by atoms with Crippen LogP contribution in [0.5, 0.6) is 11.5 Å². The van der Waals surface area contributed by atoms with Gasteiger partial charge in [-0.2, -0.15) is 0 Å². The molecule has 0 saturated heterocycles. The summed E-state index contributed by atoms with van der Waals surface area (Å²) in [6.45, 7) is 23.9. The zero-order valence-corrected chi connectivity index (χ0v) is 33.4. The maximum atomic E-state index is 13.2. The molecule has 0 N–H and O–H groups in total. The van der Waals surface area contributed by atoms with E-state index < -0.39 is 5.41 Å². The Kier molecular flexibility index (Phi) is 16.9. The van der Waals surface area contributed by atoms with E-state index in [-0.39, 0.29) is 61.7 Å². The van der Waals surface area contributed by atoms with E-state index >= 15 is 0 Å². The van der Waals surface area contributed by atoms with Crippen LogP contribution < -0.4 is 9.47 Å². The van der Waals surface area contributed by atoms with Crippen molar-refractivity contribution in [3.63, 3.8) is 0 Å². The Hall–Kier alpha value is -0.706. The van der Waals surface area contributed by atoms with Gasteiger partial charge in [-0.15, -0.1) is 0 Å². The van der Waals surface area contributed by atoms with Gasteiger partial charge in [0.1, 0.15) is 11.5 Å². The number of benzene rings is 1. The van der Waals surface area contributed by atoms with Crippen molar-refractivity contribution in [2.45, 2.75) is 147 Å². The number of carbonyl (C=O) groups excluding carboxylic acids is 1. The second kappa shape index (κ2) is 18.0. The van der Waals surface area contributed by atoms with Crippen molar-refractivity contribution in [1.29, 1.82) is 0 Å². The standard InChI is InChI=1S/C30H48O4.C9H18.Y/c1-9-22-17-23-11-10-16-30(18-22,19-23)27(32-8)34-25-14-12-24(13-15-25)33-26(31)29(7,21(2)3)20-28(4,5)6;1-5-6-7-8-9(2,3)4;/h12-15,21-23,27H,9-11,16-20H2,1-8H3;5-6H,7-8H2,1-4H3;/b;6-5-;. The molecule has 1 radical (unpaired) electrons. The molecular weight excluding hydrogens is 621 g/mol. The third kappa shape index (κ3) is 12.8. The van der Waals surface area contributed by atoms with Crippen LogP contribution in [0.15, 0.2) is 36.4 Å². The number of hydrogen-bond acceptors (Lipinski definition) is 4. The third-order valence-corrected chi connectivity index (χ3v) is 9.85. The monoisotopic (exact) mass is 687 g/mol. The molecule has 1 aromatic carbocycles. The first kappa shape index (κ1) is 41.3. The molecule has 2 fully saturated rings. The van der Waals surface area contributed by atoms with Crippen LogP contribution in [-0.2, 0) is 42.2 Å². The first-order valence-corrected chi connectivity index (χ1v) is 17.1. The van der Waals surface area contributed by atoms with Crippen LogP contribution in [0.25, 0.3) is 0 Å². The summed E-state index contributed by atoms with van der Waals surface area (Å²) in [4.78, 5) is 13.2. The summed E-state index contributed by atoms with van der Waals surface area (Å²) in [5.41, 5.74) is 0.105. The average Bonchev–Trinajstić information content (AvgIpc) is 2.91. The molecule has 5 unspecified atom stereocenters. The summed E-state index contributed by atoms with van der Waals surface area (Å²) >= 11 is 0. The van der Waals surface area contributed by atoms with Gasteiger partial charge in [-0.3, -0.25) is 4.79 Å². The molecule has 3 rings (SSSR count). The molecule has 2 bridgehead atoms. The molecule has 2 aliphatic rings. The number of allylic oxidation sites excluding steroid dienone is 2. The molecule has 5 heteroatoms. The van der Waals surface area contributed by atoms with E-state index in [9.17, 15) is 4.79 Å². The molecular formula is C39H66O4Y. The summed E-state index contributed by atoms with van der Waals surface area (Å²) in [6, 6.07) is 7.49. The van der Waals surface area contributed by atoms with Gasteiger partial charge in [0, 0.05) is 45.2 Å². The van der Waals surface area contributed by atoms with Gasteiger partial charge in [0.25, 0.3) is 0 Å². The predicted octanol–water partition coefficient (Wildman–Crippen LogP) is 11.4. The van der Waals surface area contributed by atoms with Crippen molar-refractivity contribution in [3.8, 4) is 11.5 Å². The minimum absolute atomic E-state index is 0. The molecule has 2 aliphatic carbocycles. The maximum Gasteiger partial charge on any atom is 0.317 e. The first-order valence-electron chi connectivity index (χ1n) is 17.1. The maximum absolute atomic E-state index is 13.2. The number of fused-ring (bicyclic) bond motifs is 2. The number of methoxy groups -OCH3 is 1. The zero-order chi connectivity index (χ0) is 32.5. The van der Waals surface area contributed by atoms with Gasteiger partial charge < -0.3 is 14.2 Å². The Bertz CT molecular complexity index is 1000. The molecule has 0 spiro atoms. The van der Waals surface area contributed by atoms with Crippen molar-refractivity contribution < 1.29 is 51.7 Å². The average molecular weight is 688 g/mol. The Morgan fingerprint density at radius 3 is 2.11 bits per heavy atom. The fraction of sp³-hybridized carbons (Fsp3) is 0.769. The van der Waals surface area contributed by atoms with E-state index in [1.807, 2.05) is 31.2 Å². The van der Waals surface area contributed by atoms with E-state index in [4.69, 9.17) is 14.2 Å². The quantitative estimate of drug-likeness (QED) is 0.101. The third-order valence-electron chi connectivity index (χ3n) is 9.85. The number of rotatable bonds is 11. The molecule has 0 amide bonds. The van der Waals surface area contributed by atoms with Crippen LogP contribution in [0.2, 0.25) is 0 Å². The van der Waals surface area contributed by atoms with Crippen LogP contribution in [0.1, 0.15) is 140 Å². The largest absolute Gasteiger partial charge is 0.464 e. The fourth-order valence-electron chi connectivity index (χ4n) is 7.31. The van der Waals surface area contributed by atoms with Crippen LogP contribution >= 0.6 is 0 Å². The van der Waals surface area contributed by atoms with Crippen molar-refractivity contribution in [2.75, 3.05) is 7.11 Å². The van der Waals surface area contributed by atoms with Crippen LogP contribution in [0.4, 0.5) is 0 Å². The first-order chi connectivity index (χ1) is 20.0. The van der Waals surface area contributed by atoms with Gasteiger partial charge in [0.05, 0.1) is 5.41 Å². The number of carbonyl (C=O) groups is 1. The SMILES string of the molecule is C/C=C\CCC(C)(C)C.CCC1CC2CCCC(C(OC)Oc3ccc(OC(=O)C(C)(CC(C)(C)C)C(C)C)cc3)(C1)C2.[Y]. The molecule has 4 nitrogen and oxygen atoms in total. The zero-order valence-electron chi connectivity index (χ0n) is 30.6. The molecule has 5 atom stereocenters. The minimum atomic E-state index is -0.540. The van der Waals surface area contributed by atoms with E-state index in [1.54, 1.807) is 7.11 Å². The van der Waals surface area contributed by atoms with Gasteiger partial charge in [-0.25, -0.2) is 0 Å². The fourth-order valence-corrected chi connectivity index (χ4v) is 7.31. The van der Waals surface area contributed by atoms with Gasteiger partial charge >= 0.3 is 5.97 Å². The number of hydrogen-bond donors (Lipinski definition) is 0. The van der Waals surface area contributed by atoms with Gasteiger partial charge in [0.2, 0.25) is 6.29 Å². The van der Waals surface area contributed by atoms with Crippen molar-refractivity contribution >= 4 is 5.97 Å². The van der Waals surface area contributed by atoms with E-state index in [2.05, 4.69) is 81.4 Å². The van der Waals surface area contributed by atoms with Crippen molar-refractivity contribution in [1.82, 2.24) is 0 Å². The van der Waals surface area contributed by atoms with Crippen LogP contribution in [0, 0.1) is 39.4 Å². The Morgan fingerprint density at radius 1 is 1.00 bits per heavy atom. The Balaban J connectivity index is 0.000000842. The number of ether oxygens (including phenoxy) is 3. The smallest absolute Gasteiger partial charge is 0.317 e. The van der Waals surface area contributed by atoms with Crippen molar-refractivity contribution in [2.24, 2.45) is 39.4 Å². The van der Waals surface area contributed by atoms with Crippen LogP contribution in [-0.4, -0.2) is 19.4 Å².